The fraction of sp³-hybridized carbons (Fsp3) is 0.591. The highest BCUT2D eigenvalue weighted by atomic mass is 16.6. The quantitative estimate of drug-likeness (QED) is 0.814. The largest absolute Gasteiger partial charge is 0.445 e. The first kappa shape index (κ1) is 21.9. The molecule has 2 aliphatic rings. The monoisotopic (exact) mass is 417 g/mol. The van der Waals surface area contributed by atoms with Crippen molar-refractivity contribution in [2.24, 2.45) is 0 Å². The Morgan fingerprint density at radius 3 is 2.37 bits per heavy atom. The van der Waals surface area contributed by atoms with Gasteiger partial charge in [0.15, 0.2) is 0 Å². The van der Waals surface area contributed by atoms with Gasteiger partial charge in [0.25, 0.3) is 0 Å². The van der Waals surface area contributed by atoms with E-state index in [9.17, 15) is 14.4 Å². The fourth-order valence-corrected chi connectivity index (χ4v) is 3.82. The minimum atomic E-state index is -0.604. The van der Waals surface area contributed by atoms with E-state index in [4.69, 9.17) is 9.47 Å². The Labute approximate surface area is 177 Å². The smallest absolute Gasteiger partial charge is 0.410 e. The summed E-state index contributed by atoms with van der Waals surface area (Å²) in [7, 11) is 0. The summed E-state index contributed by atoms with van der Waals surface area (Å²) in [6.07, 6.45) is 1.07. The summed E-state index contributed by atoms with van der Waals surface area (Å²) in [6.45, 7) is 7.30. The molecule has 0 saturated carbocycles. The van der Waals surface area contributed by atoms with Gasteiger partial charge in [0.05, 0.1) is 0 Å². The average molecular weight is 418 g/mol. The van der Waals surface area contributed by atoms with Crippen LogP contribution in [-0.4, -0.2) is 65.2 Å². The van der Waals surface area contributed by atoms with Crippen LogP contribution in [0.2, 0.25) is 0 Å². The first-order chi connectivity index (χ1) is 14.2. The van der Waals surface area contributed by atoms with Crippen LogP contribution in [0.1, 0.15) is 45.6 Å². The number of nitrogens with one attached hydrogen (secondary N) is 1. The molecular formula is C22H31N3O5. The van der Waals surface area contributed by atoms with E-state index in [-0.39, 0.29) is 24.6 Å². The predicted molar refractivity (Wildman–Crippen MR) is 111 cm³/mol. The maximum Gasteiger partial charge on any atom is 0.410 e. The van der Waals surface area contributed by atoms with Gasteiger partial charge >= 0.3 is 12.2 Å². The van der Waals surface area contributed by atoms with E-state index in [1.807, 2.05) is 35.2 Å². The highest BCUT2D eigenvalue weighted by Gasteiger charge is 2.39. The van der Waals surface area contributed by atoms with Crippen molar-refractivity contribution in [2.75, 3.05) is 19.6 Å². The number of hydrogen-bond acceptors (Lipinski definition) is 5. The van der Waals surface area contributed by atoms with Crippen LogP contribution in [-0.2, 0) is 20.9 Å². The van der Waals surface area contributed by atoms with Crippen LogP contribution in [0, 0.1) is 0 Å². The summed E-state index contributed by atoms with van der Waals surface area (Å²) in [5.74, 6) is -0.0778. The third kappa shape index (κ3) is 5.87. The Morgan fingerprint density at radius 1 is 1.07 bits per heavy atom. The lowest BCUT2D eigenvalue weighted by molar-refractivity contribution is -0.132. The zero-order valence-electron chi connectivity index (χ0n) is 17.9. The second-order valence-corrected chi connectivity index (χ2v) is 8.78. The fourth-order valence-electron chi connectivity index (χ4n) is 3.82. The van der Waals surface area contributed by atoms with Crippen molar-refractivity contribution in [1.29, 1.82) is 0 Å². The van der Waals surface area contributed by atoms with E-state index in [0.29, 0.717) is 38.9 Å². The molecule has 0 aromatic heterocycles. The SMILES string of the molecule is CC(C)(C)OC(=O)NC1CCN(C2CCN(C(=O)OCc3ccccc3)CC2)C1=O. The van der Waals surface area contributed by atoms with E-state index in [0.717, 1.165) is 5.56 Å². The highest BCUT2D eigenvalue weighted by Crippen LogP contribution is 2.23. The number of ether oxygens (including phenoxy) is 2. The standard InChI is InChI=1S/C22H31N3O5/c1-22(2,3)30-20(27)23-18-11-14-25(19(18)26)17-9-12-24(13-10-17)21(28)29-15-16-7-5-4-6-8-16/h4-8,17-18H,9-15H2,1-3H3,(H,23,27). The van der Waals surface area contributed by atoms with Crippen molar-refractivity contribution in [1.82, 2.24) is 15.1 Å². The van der Waals surface area contributed by atoms with E-state index >= 15 is 0 Å². The number of carbonyl (C=O) groups excluding carboxylic acids is 3. The summed E-state index contributed by atoms with van der Waals surface area (Å²) < 4.78 is 10.6. The Kier molecular flexibility index (Phi) is 6.84. The van der Waals surface area contributed by atoms with Crippen molar-refractivity contribution in [2.45, 2.75) is 64.3 Å². The van der Waals surface area contributed by atoms with E-state index in [1.165, 1.54) is 0 Å². The number of nitrogens with zero attached hydrogens (tertiary/aromatic N) is 2. The third-order valence-corrected chi connectivity index (χ3v) is 5.30. The predicted octanol–water partition coefficient (Wildman–Crippen LogP) is 2.91. The number of hydrogen-bond donors (Lipinski definition) is 1. The zero-order chi connectivity index (χ0) is 21.7. The molecule has 1 atom stereocenters. The van der Waals surface area contributed by atoms with Crippen LogP contribution in [0.15, 0.2) is 30.3 Å². The number of benzene rings is 1. The lowest BCUT2D eigenvalue weighted by Crippen LogP contribution is -2.50. The molecule has 0 aliphatic carbocycles. The van der Waals surface area contributed by atoms with Gasteiger partial charge in [-0.3, -0.25) is 4.79 Å². The molecular weight excluding hydrogens is 386 g/mol. The van der Waals surface area contributed by atoms with Crippen molar-refractivity contribution in [3.63, 3.8) is 0 Å². The van der Waals surface area contributed by atoms with Crippen LogP contribution in [0.3, 0.4) is 0 Å². The molecule has 164 valence electrons. The van der Waals surface area contributed by atoms with Crippen LogP contribution in [0.4, 0.5) is 9.59 Å². The average Bonchev–Trinajstić information content (AvgIpc) is 3.06. The molecule has 30 heavy (non-hydrogen) atoms. The molecule has 8 nitrogen and oxygen atoms in total. The molecule has 0 spiro atoms. The lowest BCUT2D eigenvalue weighted by Gasteiger charge is -2.36. The molecule has 1 unspecified atom stereocenters. The van der Waals surface area contributed by atoms with Gasteiger partial charge < -0.3 is 24.6 Å². The minimum Gasteiger partial charge on any atom is -0.445 e. The van der Waals surface area contributed by atoms with E-state index in [2.05, 4.69) is 5.32 Å². The maximum atomic E-state index is 12.7. The van der Waals surface area contributed by atoms with Crippen LogP contribution >= 0.6 is 0 Å². The molecule has 2 aliphatic heterocycles. The van der Waals surface area contributed by atoms with Crippen LogP contribution in [0.25, 0.3) is 0 Å². The Morgan fingerprint density at radius 2 is 1.73 bits per heavy atom. The van der Waals surface area contributed by atoms with Gasteiger partial charge in [-0.15, -0.1) is 0 Å². The summed E-state index contributed by atoms with van der Waals surface area (Å²) in [4.78, 5) is 40.5. The highest BCUT2D eigenvalue weighted by molar-refractivity contribution is 5.87. The molecule has 0 bridgehead atoms. The van der Waals surface area contributed by atoms with Gasteiger partial charge in [0.2, 0.25) is 5.91 Å². The van der Waals surface area contributed by atoms with Gasteiger partial charge in [-0.2, -0.15) is 0 Å². The van der Waals surface area contributed by atoms with Crippen LogP contribution in [0.5, 0.6) is 0 Å². The van der Waals surface area contributed by atoms with Crippen LogP contribution < -0.4 is 5.32 Å². The second kappa shape index (κ2) is 9.36. The normalized spacial score (nSPS) is 20.2. The first-order valence-corrected chi connectivity index (χ1v) is 10.5. The molecule has 0 radical (unpaired) electrons. The molecule has 3 amide bonds. The Balaban J connectivity index is 1.43. The van der Waals surface area contributed by atoms with Crippen molar-refractivity contribution in [3.05, 3.63) is 35.9 Å². The molecule has 1 N–H and O–H groups in total. The summed E-state index contributed by atoms with van der Waals surface area (Å²) in [5, 5.41) is 2.68. The summed E-state index contributed by atoms with van der Waals surface area (Å²) >= 11 is 0. The van der Waals surface area contributed by atoms with Crippen molar-refractivity contribution >= 4 is 18.1 Å². The van der Waals surface area contributed by atoms with E-state index in [1.54, 1.807) is 25.7 Å². The number of amides is 3. The van der Waals surface area contributed by atoms with E-state index < -0.39 is 17.7 Å². The van der Waals surface area contributed by atoms with Gasteiger partial charge in [0, 0.05) is 25.7 Å². The molecule has 2 heterocycles. The van der Waals surface area contributed by atoms with Gasteiger partial charge in [-0.25, -0.2) is 9.59 Å². The topological polar surface area (TPSA) is 88.2 Å². The first-order valence-electron chi connectivity index (χ1n) is 10.5. The van der Waals surface area contributed by atoms with Crippen molar-refractivity contribution < 1.29 is 23.9 Å². The number of alkyl carbamates (subject to hydrolysis) is 1. The Bertz CT molecular complexity index is 754. The van der Waals surface area contributed by atoms with Gasteiger partial charge in [0.1, 0.15) is 18.2 Å². The molecule has 1 aromatic rings. The van der Waals surface area contributed by atoms with Gasteiger partial charge in [-0.1, -0.05) is 30.3 Å². The van der Waals surface area contributed by atoms with Gasteiger partial charge in [-0.05, 0) is 45.6 Å². The molecule has 8 heteroatoms. The van der Waals surface area contributed by atoms with Crippen molar-refractivity contribution in [3.8, 4) is 0 Å². The summed E-state index contributed by atoms with van der Waals surface area (Å²) in [6, 6.07) is 9.10. The second-order valence-electron chi connectivity index (χ2n) is 8.78. The number of rotatable bonds is 4. The number of carbonyl (C=O) groups is 3. The Hall–Kier alpha value is -2.77. The molecule has 1 aromatic carbocycles. The zero-order valence-corrected chi connectivity index (χ0v) is 17.9. The number of likely N-dealkylation sites (tertiary alicyclic amines) is 2. The molecule has 2 fully saturated rings. The molecule has 2 saturated heterocycles. The summed E-state index contributed by atoms with van der Waals surface area (Å²) in [5.41, 5.74) is 0.347. The maximum absolute atomic E-state index is 12.7. The minimum absolute atomic E-state index is 0.0705. The number of piperidine rings is 1. The third-order valence-electron chi connectivity index (χ3n) is 5.30. The lowest BCUT2D eigenvalue weighted by atomic mass is 10.0. The molecule has 3 rings (SSSR count).